The maximum absolute atomic E-state index is 12.7. The molecule has 26 heavy (non-hydrogen) atoms. The minimum atomic E-state index is -4.36. The molecule has 0 bridgehead atoms. The lowest BCUT2D eigenvalue weighted by Crippen LogP contribution is -2.39. The number of esters is 1. The Morgan fingerprint density at radius 3 is 2.85 bits per heavy atom. The van der Waals surface area contributed by atoms with Crippen molar-refractivity contribution in [3.05, 3.63) is 29.8 Å². The molecule has 1 aromatic carbocycles. The van der Waals surface area contributed by atoms with Gasteiger partial charge in [0.2, 0.25) is 0 Å². The summed E-state index contributed by atoms with van der Waals surface area (Å²) in [5.41, 5.74) is -0.701. The van der Waals surface area contributed by atoms with Crippen molar-refractivity contribution in [2.24, 2.45) is 5.92 Å². The molecule has 0 aliphatic carbocycles. The van der Waals surface area contributed by atoms with Gasteiger partial charge in [-0.2, -0.15) is 13.2 Å². The Labute approximate surface area is 152 Å². The first-order valence-electron chi connectivity index (χ1n) is 9.09. The van der Waals surface area contributed by atoms with Crippen molar-refractivity contribution < 1.29 is 27.4 Å². The molecular weight excluding hydrogens is 347 g/mol. The summed E-state index contributed by atoms with van der Waals surface area (Å²) >= 11 is 0. The number of hydrogen-bond acceptors (Lipinski definition) is 4. The molecule has 1 heterocycles. The lowest BCUT2D eigenvalue weighted by atomic mass is 9.98. The summed E-state index contributed by atoms with van der Waals surface area (Å²) in [5, 5.41) is 0. The van der Waals surface area contributed by atoms with Crippen molar-refractivity contribution in [2.45, 2.75) is 38.8 Å². The van der Waals surface area contributed by atoms with Crippen molar-refractivity contribution in [3.63, 3.8) is 0 Å². The summed E-state index contributed by atoms with van der Waals surface area (Å²) in [6.07, 6.45) is -0.896. The molecule has 1 aliphatic rings. The lowest BCUT2D eigenvalue weighted by Gasteiger charge is -2.31. The summed E-state index contributed by atoms with van der Waals surface area (Å²) < 4.78 is 48.5. The summed E-state index contributed by atoms with van der Waals surface area (Å²) in [4.78, 5) is 14.1. The average molecular weight is 373 g/mol. The number of alkyl halides is 3. The largest absolute Gasteiger partial charge is 0.494 e. The average Bonchev–Trinajstić information content (AvgIpc) is 2.61. The zero-order chi connectivity index (χ0) is 19.0. The van der Waals surface area contributed by atoms with E-state index < -0.39 is 11.7 Å². The number of halogens is 3. The molecule has 1 aromatic rings. The summed E-state index contributed by atoms with van der Waals surface area (Å²) in [6, 6.07) is 4.93. The number of ether oxygens (including phenoxy) is 2. The van der Waals surface area contributed by atoms with Gasteiger partial charge in [-0.15, -0.1) is 0 Å². The third-order valence-corrected chi connectivity index (χ3v) is 4.42. The molecule has 1 atom stereocenters. The van der Waals surface area contributed by atoms with Crippen LogP contribution in [0, 0.1) is 5.92 Å². The maximum Gasteiger partial charge on any atom is 0.416 e. The number of carbonyl (C=O) groups is 1. The van der Waals surface area contributed by atoms with E-state index in [0.29, 0.717) is 19.8 Å². The van der Waals surface area contributed by atoms with Crippen molar-refractivity contribution in [1.29, 1.82) is 0 Å². The van der Waals surface area contributed by atoms with E-state index in [2.05, 4.69) is 4.90 Å². The Morgan fingerprint density at radius 1 is 1.31 bits per heavy atom. The summed E-state index contributed by atoms with van der Waals surface area (Å²) in [6.45, 7) is 5.11. The Balaban J connectivity index is 1.67. The molecule has 4 nitrogen and oxygen atoms in total. The fourth-order valence-electron chi connectivity index (χ4n) is 3.10. The van der Waals surface area contributed by atoms with E-state index in [4.69, 9.17) is 9.47 Å². The van der Waals surface area contributed by atoms with E-state index >= 15 is 0 Å². The molecule has 146 valence electrons. The fourth-order valence-corrected chi connectivity index (χ4v) is 3.10. The Kier molecular flexibility index (Phi) is 7.75. The number of likely N-dealkylation sites (tertiary alicyclic amines) is 1. The van der Waals surface area contributed by atoms with Gasteiger partial charge in [0, 0.05) is 6.54 Å². The van der Waals surface area contributed by atoms with Crippen LogP contribution in [0.2, 0.25) is 0 Å². The fraction of sp³-hybridized carbons (Fsp3) is 0.632. The second kappa shape index (κ2) is 9.80. The molecule has 2 rings (SSSR count). The summed E-state index contributed by atoms with van der Waals surface area (Å²) in [7, 11) is 0. The van der Waals surface area contributed by atoms with E-state index in [1.807, 2.05) is 6.92 Å². The van der Waals surface area contributed by atoms with Crippen LogP contribution in [0.5, 0.6) is 5.75 Å². The number of benzene rings is 1. The zero-order valence-corrected chi connectivity index (χ0v) is 15.1. The number of nitrogens with zero attached hydrogens (tertiary/aromatic N) is 1. The number of carbonyl (C=O) groups excluding carboxylic acids is 1. The molecule has 1 unspecified atom stereocenters. The van der Waals surface area contributed by atoms with E-state index in [-0.39, 0.29) is 17.6 Å². The van der Waals surface area contributed by atoms with Gasteiger partial charge in [0.25, 0.3) is 0 Å². The second-order valence-electron chi connectivity index (χ2n) is 6.47. The molecule has 0 aromatic heterocycles. The molecule has 0 spiro atoms. The van der Waals surface area contributed by atoms with Crippen LogP contribution in [0.4, 0.5) is 13.2 Å². The first kappa shape index (κ1) is 20.6. The highest BCUT2D eigenvalue weighted by Crippen LogP contribution is 2.31. The van der Waals surface area contributed by atoms with Gasteiger partial charge in [0.15, 0.2) is 0 Å². The van der Waals surface area contributed by atoms with Gasteiger partial charge in [-0.3, -0.25) is 4.79 Å². The van der Waals surface area contributed by atoms with Crippen LogP contribution in [-0.4, -0.2) is 43.7 Å². The van der Waals surface area contributed by atoms with Gasteiger partial charge < -0.3 is 14.4 Å². The zero-order valence-electron chi connectivity index (χ0n) is 15.1. The molecule has 1 saturated heterocycles. The number of hydrogen-bond donors (Lipinski definition) is 0. The van der Waals surface area contributed by atoms with Crippen LogP contribution >= 0.6 is 0 Å². The Hall–Kier alpha value is -1.76. The monoisotopic (exact) mass is 373 g/mol. The van der Waals surface area contributed by atoms with Crippen LogP contribution in [0.3, 0.4) is 0 Å². The molecule has 1 fully saturated rings. The molecular formula is C19H26F3NO3. The SMILES string of the molecule is CCOC(=O)C1CCCN(CCCCOc2cccc(C(F)(F)F)c2)C1. The Morgan fingerprint density at radius 2 is 2.12 bits per heavy atom. The predicted octanol–water partition coefficient (Wildman–Crippen LogP) is 4.14. The van der Waals surface area contributed by atoms with Crippen LogP contribution in [0.15, 0.2) is 24.3 Å². The van der Waals surface area contributed by atoms with Crippen molar-refractivity contribution >= 4 is 5.97 Å². The third kappa shape index (κ3) is 6.52. The van der Waals surface area contributed by atoms with E-state index in [0.717, 1.165) is 50.9 Å². The van der Waals surface area contributed by atoms with Gasteiger partial charge in [-0.25, -0.2) is 0 Å². The summed E-state index contributed by atoms with van der Waals surface area (Å²) in [5.74, 6) is 0.0651. The van der Waals surface area contributed by atoms with Crippen molar-refractivity contribution in [1.82, 2.24) is 4.90 Å². The van der Waals surface area contributed by atoms with Gasteiger partial charge >= 0.3 is 12.1 Å². The van der Waals surface area contributed by atoms with Gasteiger partial charge in [-0.1, -0.05) is 6.07 Å². The maximum atomic E-state index is 12.7. The van der Waals surface area contributed by atoms with Crippen LogP contribution < -0.4 is 4.74 Å². The lowest BCUT2D eigenvalue weighted by molar-refractivity contribution is -0.150. The van der Waals surface area contributed by atoms with E-state index in [1.165, 1.54) is 12.1 Å². The first-order valence-corrected chi connectivity index (χ1v) is 9.09. The third-order valence-electron chi connectivity index (χ3n) is 4.42. The minimum absolute atomic E-state index is 0.0509. The molecule has 0 radical (unpaired) electrons. The molecule has 0 saturated carbocycles. The first-order chi connectivity index (χ1) is 12.4. The predicted molar refractivity (Wildman–Crippen MR) is 92.0 cm³/mol. The molecule has 1 aliphatic heterocycles. The topological polar surface area (TPSA) is 38.8 Å². The van der Waals surface area contributed by atoms with Gasteiger partial charge in [0.1, 0.15) is 5.75 Å². The normalized spacial score (nSPS) is 18.5. The highest BCUT2D eigenvalue weighted by atomic mass is 19.4. The Bertz CT molecular complexity index is 577. The standard InChI is InChI=1S/C19H26F3NO3/c1-2-25-18(24)15-7-6-11-23(14-15)10-3-4-12-26-17-9-5-8-16(13-17)19(20,21)22/h5,8-9,13,15H,2-4,6-7,10-12,14H2,1H3. The van der Waals surface area contributed by atoms with E-state index in [1.54, 1.807) is 0 Å². The van der Waals surface area contributed by atoms with Crippen molar-refractivity contribution in [3.8, 4) is 5.75 Å². The van der Waals surface area contributed by atoms with Crippen LogP contribution in [0.25, 0.3) is 0 Å². The van der Waals surface area contributed by atoms with Gasteiger partial charge in [0.05, 0.1) is 24.7 Å². The van der Waals surface area contributed by atoms with Crippen LogP contribution in [0.1, 0.15) is 38.2 Å². The number of rotatable bonds is 8. The van der Waals surface area contributed by atoms with E-state index in [9.17, 15) is 18.0 Å². The second-order valence-corrected chi connectivity index (χ2v) is 6.47. The molecule has 0 N–H and O–H groups in total. The highest BCUT2D eigenvalue weighted by Gasteiger charge is 2.30. The highest BCUT2D eigenvalue weighted by molar-refractivity contribution is 5.72. The smallest absolute Gasteiger partial charge is 0.416 e. The quantitative estimate of drug-likeness (QED) is 0.507. The minimum Gasteiger partial charge on any atom is -0.494 e. The molecule has 7 heteroatoms. The van der Waals surface area contributed by atoms with Crippen molar-refractivity contribution in [2.75, 3.05) is 32.8 Å². The number of unbranched alkanes of at least 4 members (excludes halogenated alkanes) is 1. The number of piperidine rings is 1. The molecule has 0 amide bonds. The van der Waals surface area contributed by atoms with Gasteiger partial charge in [-0.05, 0) is 63.9 Å². The van der Waals surface area contributed by atoms with Crippen LogP contribution in [-0.2, 0) is 15.7 Å².